The lowest BCUT2D eigenvalue weighted by molar-refractivity contribution is -0.115. The van der Waals surface area contributed by atoms with Crippen LogP contribution in [0.5, 0.6) is 0 Å². The minimum absolute atomic E-state index is 0.0819. The third-order valence-corrected chi connectivity index (χ3v) is 5.50. The van der Waals surface area contributed by atoms with E-state index in [-0.39, 0.29) is 11.2 Å². The molecule has 0 spiro atoms. The van der Waals surface area contributed by atoms with Gasteiger partial charge in [-0.15, -0.1) is 5.10 Å². The van der Waals surface area contributed by atoms with E-state index < -0.39 is 0 Å². The summed E-state index contributed by atoms with van der Waals surface area (Å²) < 4.78 is 1.66. The Hall–Kier alpha value is -2.67. The van der Waals surface area contributed by atoms with Crippen LogP contribution in [0.25, 0.3) is 5.69 Å². The van der Waals surface area contributed by atoms with Gasteiger partial charge in [0.05, 0.1) is 10.9 Å². The molecule has 1 aromatic heterocycles. The number of rotatable bonds is 5. The third kappa shape index (κ3) is 4.36. The predicted octanol–water partition coefficient (Wildman–Crippen LogP) is 4.02. The topological polar surface area (TPSA) is 72.7 Å². The Morgan fingerprint density at radius 2 is 1.81 bits per heavy atom. The molecule has 0 fully saturated rings. The van der Waals surface area contributed by atoms with Gasteiger partial charge in [-0.25, -0.2) is 0 Å². The number of nitrogens with zero attached hydrogens (tertiary/aromatic N) is 4. The van der Waals surface area contributed by atoms with Gasteiger partial charge in [0.2, 0.25) is 11.1 Å². The summed E-state index contributed by atoms with van der Waals surface area (Å²) in [6.45, 7) is 9.98. The van der Waals surface area contributed by atoms with Gasteiger partial charge < -0.3 is 5.32 Å². The standard InChI is InChI=1S/C20H23N5OS/c1-12-6-9-18(15(4)10-12)21-19(26)16(5)27-20-22-23-24-25(20)17-8-7-13(2)14(3)11-17/h6-11,16H,1-5H3,(H,21,26). The zero-order valence-electron chi connectivity index (χ0n) is 16.1. The van der Waals surface area contributed by atoms with Crippen molar-refractivity contribution in [3.63, 3.8) is 0 Å². The van der Waals surface area contributed by atoms with E-state index in [1.165, 1.54) is 28.5 Å². The zero-order valence-corrected chi connectivity index (χ0v) is 17.0. The van der Waals surface area contributed by atoms with Crippen LogP contribution < -0.4 is 5.32 Å². The lowest BCUT2D eigenvalue weighted by Crippen LogP contribution is -2.23. The van der Waals surface area contributed by atoms with Crippen molar-refractivity contribution >= 4 is 23.4 Å². The van der Waals surface area contributed by atoms with Crippen LogP contribution in [0.3, 0.4) is 0 Å². The number of nitrogens with one attached hydrogen (secondary N) is 1. The predicted molar refractivity (Wildman–Crippen MR) is 108 cm³/mol. The minimum Gasteiger partial charge on any atom is -0.325 e. The number of aromatic nitrogens is 4. The second-order valence-corrected chi connectivity index (χ2v) is 8.02. The molecule has 7 heteroatoms. The lowest BCUT2D eigenvalue weighted by Gasteiger charge is -2.14. The summed E-state index contributed by atoms with van der Waals surface area (Å²) in [6.07, 6.45) is 0. The smallest absolute Gasteiger partial charge is 0.237 e. The number of amides is 1. The summed E-state index contributed by atoms with van der Waals surface area (Å²) >= 11 is 1.33. The first-order chi connectivity index (χ1) is 12.8. The summed E-state index contributed by atoms with van der Waals surface area (Å²) in [5, 5.41) is 15.2. The van der Waals surface area contributed by atoms with Crippen LogP contribution in [0.15, 0.2) is 41.6 Å². The number of benzene rings is 2. The van der Waals surface area contributed by atoms with E-state index in [2.05, 4.69) is 34.7 Å². The number of carbonyl (C=O) groups excluding carboxylic acids is 1. The molecule has 6 nitrogen and oxygen atoms in total. The van der Waals surface area contributed by atoms with Crippen molar-refractivity contribution < 1.29 is 4.79 Å². The number of carbonyl (C=O) groups is 1. The molecule has 0 aliphatic rings. The van der Waals surface area contributed by atoms with Gasteiger partial charge in [0.15, 0.2) is 0 Å². The number of thioether (sulfide) groups is 1. The van der Waals surface area contributed by atoms with Crippen molar-refractivity contribution in [3.05, 3.63) is 58.7 Å². The Bertz CT molecular complexity index is 982. The van der Waals surface area contributed by atoms with Gasteiger partial charge in [-0.1, -0.05) is 35.5 Å². The van der Waals surface area contributed by atoms with E-state index in [1.807, 2.05) is 57.2 Å². The average molecular weight is 382 g/mol. The Morgan fingerprint density at radius 3 is 2.52 bits per heavy atom. The molecule has 1 unspecified atom stereocenters. The summed E-state index contributed by atoms with van der Waals surface area (Å²) in [4.78, 5) is 12.6. The molecule has 1 amide bonds. The van der Waals surface area contributed by atoms with Crippen LogP contribution in [-0.2, 0) is 4.79 Å². The maximum Gasteiger partial charge on any atom is 0.237 e. The molecule has 0 saturated heterocycles. The van der Waals surface area contributed by atoms with E-state index in [0.29, 0.717) is 5.16 Å². The molecule has 0 aliphatic carbocycles. The Balaban J connectivity index is 1.74. The maximum atomic E-state index is 12.6. The Kier molecular flexibility index (Phi) is 5.60. The summed E-state index contributed by atoms with van der Waals surface area (Å²) in [7, 11) is 0. The van der Waals surface area contributed by atoms with Gasteiger partial charge in [-0.05, 0) is 79.9 Å². The third-order valence-electron chi connectivity index (χ3n) is 4.47. The fourth-order valence-electron chi connectivity index (χ4n) is 2.67. The maximum absolute atomic E-state index is 12.6. The van der Waals surface area contributed by atoms with Crippen LogP contribution in [0.2, 0.25) is 0 Å². The second-order valence-electron chi connectivity index (χ2n) is 6.71. The SMILES string of the molecule is Cc1ccc(NC(=O)C(C)Sc2nnnn2-c2ccc(C)c(C)c2)c(C)c1. The highest BCUT2D eigenvalue weighted by Crippen LogP contribution is 2.25. The Morgan fingerprint density at radius 1 is 1.04 bits per heavy atom. The first-order valence-electron chi connectivity index (χ1n) is 8.76. The van der Waals surface area contributed by atoms with E-state index in [0.717, 1.165) is 16.9 Å². The van der Waals surface area contributed by atoms with E-state index in [4.69, 9.17) is 0 Å². The van der Waals surface area contributed by atoms with Crippen LogP contribution in [-0.4, -0.2) is 31.4 Å². The molecule has 0 aliphatic heterocycles. The van der Waals surface area contributed by atoms with E-state index >= 15 is 0 Å². The highest BCUT2D eigenvalue weighted by atomic mass is 32.2. The van der Waals surface area contributed by atoms with Gasteiger partial charge in [-0.2, -0.15) is 4.68 Å². The highest BCUT2D eigenvalue weighted by Gasteiger charge is 2.20. The van der Waals surface area contributed by atoms with Crippen LogP contribution in [0, 0.1) is 27.7 Å². The van der Waals surface area contributed by atoms with E-state index in [1.54, 1.807) is 4.68 Å². The number of aryl methyl sites for hydroxylation is 4. The molecule has 140 valence electrons. The molecule has 27 heavy (non-hydrogen) atoms. The van der Waals surface area contributed by atoms with Gasteiger partial charge in [0.1, 0.15) is 0 Å². The quantitative estimate of drug-likeness (QED) is 0.676. The first-order valence-corrected chi connectivity index (χ1v) is 9.64. The van der Waals surface area contributed by atoms with E-state index in [9.17, 15) is 4.79 Å². The molecule has 1 heterocycles. The molecular weight excluding hydrogens is 358 g/mol. The van der Waals surface area contributed by atoms with Gasteiger partial charge in [-0.3, -0.25) is 4.79 Å². The van der Waals surface area contributed by atoms with Crippen molar-refractivity contribution in [2.45, 2.75) is 45.0 Å². The molecule has 0 bridgehead atoms. The van der Waals surface area contributed by atoms with Crippen LogP contribution >= 0.6 is 11.8 Å². The van der Waals surface area contributed by atoms with Crippen molar-refractivity contribution in [2.75, 3.05) is 5.32 Å². The average Bonchev–Trinajstić information content (AvgIpc) is 3.07. The molecule has 3 rings (SSSR count). The lowest BCUT2D eigenvalue weighted by atomic mass is 10.1. The van der Waals surface area contributed by atoms with Gasteiger partial charge >= 0.3 is 0 Å². The largest absolute Gasteiger partial charge is 0.325 e. The molecular formula is C20H23N5OS. The van der Waals surface area contributed by atoms with Crippen molar-refractivity contribution in [3.8, 4) is 5.69 Å². The zero-order chi connectivity index (χ0) is 19.6. The number of tetrazole rings is 1. The molecule has 1 atom stereocenters. The van der Waals surface area contributed by atoms with Crippen molar-refractivity contribution in [1.82, 2.24) is 20.2 Å². The van der Waals surface area contributed by atoms with Crippen molar-refractivity contribution in [1.29, 1.82) is 0 Å². The molecule has 0 radical (unpaired) electrons. The molecule has 2 aromatic carbocycles. The van der Waals surface area contributed by atoms with Crippen molar-refractivity contribution in [2.24, 2.45) is 0 Å². The fraction of sp³-hybridized carbons (Fsp3) is 0.300. The summed E-state index contributed by atoms with van der Waals surface area (Å²) in [5.41, 5.74) is 6.29. The summed E-state index contributed by atoms with van der Waals surface area (Å²) in [5.74, 6) is -0.0819. The molecule has 3 aromatic rings. The Labute approximate surface area is 163 Å². The van der Waals surface area contributed by atoms with Crippen LogP contribution in [0.4, 0.5) is 5.69 Å². The van der Waals surface area contributed by atoms with Gasteiger partial charge in [0.25, 0.3) is 0 Å². The monoisotopic (exact) mass is 381 g/mol. The normalized spacial score (nSPS) is 12.0. The summed E-state index contributed by atoms with van der Waals surface area (Å²) in [6, 6.07) is 12.0. The highest BCUT2D eigenvalue weighted by molar-refractivity contribution is 8.00. The first kappa shape index (κ1) is 19.1. The van der Waals surface area contributed by atoms with Crippen LogP contribution in [0.1, 0.15) is 29.2 Å². The van der Waals surface area contributed by atoms with Gasteiger partial charge in [0, 0.05) is 5.69 Å². The minimum atomic E-state index is -0.345. The number of anilines is 1. The molecule has 0 saturated carbocycles. The number of hydrogen-bond donors (Lipinski definition) is 1. The number of hydrogen-bond acceptors (Lipinski definition) is 5. The molecule has 1 N–H and O–H groups in total. The second kappa shape index (κ2) is 7.92. The fourth-order valence-corrected chi connectivity index (χ4v) is 3.48.